The lowest BCUT2D eigenvalue weighted by atomic mass is 10.0. The molecular weight excluding hydrogens is 134 g/mol. The van der Waals surface area contributed by atoms with Crippen molar-refractivity contribution >= 4 is 0 Å². The van der Waals surface area contributed by atoms with Crippen molar-refractivity contribution in [2.45, 2.75) is 52.0 Å². The van der Waals surface area contributed by atoms with Crippen LogP contribution in [0.5, 0.6) is 0 Å². The molecule has 1 nitrogen and oxygen atoms in total. The van der Waals surface area contributed by atoms with Crippen LogP contribution in [0.1, 0.15) is 46.0 Å². The highest BCUT2D eigenvalue weighted by Crippen LogP contribution is 2.08. The molecule has 0 spiro atoms. The molecule has 0 aromatic rings. The zero-order valence-electron chi connectivity index (χ0n) is 7.90. The SMILES string of the molecule is C=C(C)CCCC(N)CCC. The molecule has 11 heavy (non-hydrogen) atoms. The van der Waals surface area contributed by atoms with Crippen LogP contribution < -0.4 is 5.73 Å². The fourth-order valence-electron chi connectivity index (χ4n) is 1.18. The third-order valence-electron chi connectivity index (χ3n) is 1.84. The second-order valence-electron chi connectivity index (χ2n) is 3.40. The normalized spacial score (nSPS) is 13.0. The van der Waals surface area contributed by atoms with Gasteiger partial charge in [-0.15, -0.1) is 6.58 Å². The smallest absolute Gasteiger partial charge is 0.00388 e. The summed E-state index contributed by atoms with van der Waals surface area (Å²) in [5.41, 5.74) is 7.11. The maximum absolute atomic E-state index is 5.84. The highest BCUT2D eigenvalue weighted by Gasteiger charge is 1.99. The van der Waals surface area contributed by atoms with Gasteiger partial charge in [0.25, 0.3) is 0 Å². The molecule has 0 radical (unpaired) electrons. The first-order valence-electron chi connectivity index (χ1n) is 4.56. The Morgan fingerprint density at radius 1 is 1.45 bits per heavy atom. The Hall–Kier alpha value is -0.300. The molecule has 66 valence electrons. The first kappa shape index (κ1) is 10.7. The van der Waals surface area contributed by atoms with Crippen LogP contribution in [-0.2, 0) is 0 Å². The molecule has 0 aromatic heterocycles. The van der Waals surface area contributed by atoms with E-state index >= 15 is 0 Å². The van der Waals surface area contributed by atoms with Crippen LogP contribution in [0.4, 0.5) is 0 Å². The van der Waals surface area contributed by atoms with Gasteiger partial charge in [0.2, 0.25) is 0 Å². The molecule has 1 atom stereocenters. The Kier molecular flexibility index (Phi) is 6.24. The summed E-state index contributed by atoms with van der Waals surface area (Å²) in [4.78, 5) is 0. The largest absolute Gasteiger partial charge is 0.328 e. The van der Waals surface area contributed by atoms with Crippen molar-refractivity contribution in [1.29, 1.82) is 0 Å². The second-order valence-corrected chi connectivity index (χ2v) is 3.40. The Morgan fingerprint density at radius 3 is 2.55 bits per heavy atom. The Morgan fingerprint density at radius 2 is 2.09 bits per heavy atom. The Balaban J connectivity index is 3.16. The van der Waals surface area contributed by atoms with Crippen LogP contribution >= 0.6 is 0 Å². The van der Waals surface area contributed by atoms with Gasteiger partial charge in [-0.05, 0) is 32.6 Å². The van der Waals surface area contributed by atoms with Gasteiger partial charge in [0.1, 0.15) is 0 Å². The van der Waals surface area contributed by atoms with Crippen molar-refractivity contribution in [3.8, 4) is 0 Å². The quantitative estimate of drug-likeness (QED) is 0.586. The summed E-state index contributed by atoms with van der Waals surface area (Å²) in [5, 5.41) is 0. The molecule has 1 unspecified atom stereocenters. The third-order valence-corrected chi connectivity index (χ3v) is 1.84. The maximum Gasteiger partial charge on any atom is 0.00388 e. The molecule has 0 fully saturated rings. The summed E-state index contributed by atoms with van der Waals surface area (Å²) < 4.78 is 0. The highest BCUT2D eigenvalue weighted by molar-refractivity contribution is 4.87. The van der Waals surface area contributed by atoms with Crippen molar-refractivity contribution in [1.82, 2.24) is 0 Å². The highest BCUT2D eigenvalue weighted by atomic mass is 14.6. The van der Waals surface area contributed by atoms with E-state index in [4.69, 9.17) is 5.73 Å². The molecular formula is C10H21N. The number of nitrogens with two attached hydrogens (primary N) is 1. The lowest BCUT2D eigenvalue weighted by molar-refractivity contribution is 0.539. The Bertz CT molecular complexity index is 107. The Labute approximate surface area is 70.7 Å². The molecule has 2 N–H and O–H groups in total. The molecule has 0 aliphatic rings. The van der Waals surface area contributed by atoms with E-state index in [0.717, 1.165) is 19.3 Å². The third kappa shape index (κ3) is 7.60. The predicted octanol–water partition coefficient (Wildman–Crippen LogP) is 2.86. The van der Waals surface area contributed by atoms with Gasteiger partial charge in [-0.2, -0.15) is 0 Å². The fourth-order valence-corrected chi connectivity index (χ4v) is 1.18. The molecule has 0 aliphatic carbocycles. The summed E-state index contributed by atoms with van der Waals surface area (Å²) in [6, 6.07) is 0.416. The van der Waals surface area contributed by atoms with E-state index in [0.29, 0.717) is 6.04 Å². The van der Waals surface area contributed by atoms with Crippen LogP contribution in [-0.4, -0.2) is 6.04 Å². The van der Waals surface area contributed by atoms with Gasteiger partial charge in [0, 0.05) is 6.04 Å². The number of hydrogen-bond donors (Lipinski definition) is 1. The lowest BCUT2D eigenvalue weighted by Gasteiger charge is -2.08. The zero-order chi connectivity index (χ0) is 8.69. The lowest BCUT2D eigenvalue weighted by Crippen LogP contribution is -2.18. The van der Waals surface area contributed by atoms with Gasteiger partial charge in [0.15, 0.2) is 0 Å². The average Bonchev–Trinajstić information content (AvgIpc) is 1.87. The summed E-state index contributed by atoms with van der Waals surface area (Å²) in [7, 11) is 0. The van der Waals surface area contributed by atoms with E-state index in [-0.39, 0.29) is 0 Å². The molecule has 0 rings (SSSR count). The van der Waals surface area contributed by atoms with E-state index in [2.05, 4.69) is 20.4 Å². The van der Waals surface area contributed by atoms with Gasteiger partial charge in [-0.1, -0.05) is 18.9 Å². The van der Waals surface area contributed by atoms with Gasteiger partial charge < -0.3 is 5.73 Å². The molecule has 0 heterocycles. The van der Waals surface area contributed by atoms with Crippen molar-refractivity contribution in [2.24, 2.45) is 5.73 Å². The van der Waals surface area contributed by atoms with Gasteiger partial charge in [-0.25, -0.2) is 0 Å². The van der Waals surface area contributed by atoms with Crippen LogP contribution in [0.2, 0.25) is 0 Å². The van der Waals surface area contributed by atoms with E-state index in [9.17, 15) is 0 Å². The van der Waals surface area contributed by atoms with Crippen molar-refractivity contribution < 1.29 is 0 Å². The minimum atomic E-state index is 0.416. The first-order chi connectivity index (χ1) is 5.16. The molecule has 0 saturated heterocycles. The molecule has 0 aromatic carbocycles. The number of hydrogen-bond acceptors (Lipinski definition) is 1. The van der Waals surface area contributed by atoms with E-state index < -0.39 is 0 Å². The summed E-state index contributed by atoms with van der Waals surface area (Å²) in [6.07, 6.45) is 5.86. The molecule has 0 saturated carbocycles. The molecule has 1 heteroatoms. The van der Waals surface area contributed by atoms with E-state index in [1.807, 2.05) is 0 Å². The number of rotatable bonds is 6. The zero-order valence-corrected chi connectivity index (χ0v) is 7.90. The molecule has 0 bridgehead atoms. The number of allylic oxidation sites excluding steroid dienone is 1. The summed E-state index contributed by atoms with van der Waals surface area (Å²) >= 11 is 0. The second kappa shape index (κ2) is 6.41. The molecule has 0 amide bonds. The van der Waals surface area contributed by atoms with Crippen molar-refractivity contribution in [2.75, 3.05) is 0 Å². The standard InChI is InChI=1S/C10H21N/c1-4-6-10(11)8-5-7-9(2)3/h10H,2,4-8,11H2,1,3H3. The van der Waals surface area contributed by atoms with Gasteiger partial charge in [0.05, 0.1) is 0 Å². The maximum atomic E-state index is 5.84. The minimum absolute atomic E-state index is 0.416. The van der Waals surface area contributed by atoms with Gasteiger partial charge in [-0.3, -0.25) is 0 Å². The van der Waals surface area contributed by atoms with Crippen LogP contribution in [0, 0.1) is 0 Å². The minimum Gasteiger partial charge on any atom is -0.328 e. The molecule has 0 aliphatic heterocycles. The van der Waals surface area contributed by atoms with Crippen LogP contribution in [0.3, 0.4) is 0 Å². The van der Waals surface area contributed by atoms with Crippen LogP contribution in [0.25, 0.3) is 0 Å². The average molecular weight is 155 g/mol. The summed E-state index contributed by atoms with van der Waals surface area (Å²) in [6.45, 7) is 8.11. The monoisotopic (exact) mass is 155 g/mol. The first-order valence-corrected chi connectivity index (χ1v) is 4.56. The fraction of sp³-hybridized carbons (Fsp3) is 0.800. The topological polar surface area (TPSA) is 26.0 Å². The van der Waals surface area contributed by atoms with Crippen molar-refractivity contribution in [3.05, 3.63) is 12.2 Å². The van der Waals surface area contributed by atoms with Gasteiger partial charge >= 0.3 is 0 Å². The van der Waals surface area contributed by atoms with E-state index in [1.165, 1.54) is 18.4 Å². The van der Waals surface area contributed by atoms with Crippen molar-refractivity contribution in [3.63, 3.8) is 0 Å². The summed E-state index contributed by atoms with van der Waals surface area (Å²) in [5.74, 6) is 0. The van der Waals surface area contributed by atoms with Crippen LogP contribution in [0.15, 0.2) is 12.2 Å². The predicted molar refractivity (Wildman–Crippen MR) is 51.5 cm³/mol. The van der Waals surface area contributed by atoms with E-state index in [1.54, 1.807) is 0 Å².